The largest absolute Gasteiger partial charge is 0.453 e. The lowest BCUT2D eigenvalue weighted by Crippen LogP contribution is -2.25. The smallest absolute Gasteiger partial charge is 0.348 e. The topological polar surface area (TPSA) is 65.1 Å². The molecule has 0 bridgehead atoms. The number of Topliss-reactive ketones (excluding diaryl/α,β-unsaturated/α-hetero) is 1. The van der Waals surface area contributed by atoms with Gasteiger partial charge in [-0.2, -0.15) is 0 Å². The van der Waals surface area contributed by atoms with E-state index in [2.05, 4.69) is 4.98 Å². The van der Waals surface area contributed by atoms with Gasteiger partial charge in [0.15, 0.2) is 5.76 Å². The lowest BCUT2D eigenvalue weighted by Gasteiger charge is -2.02. The fourth-order valence-electron chi connectivity index (χ4n) is 1.89. The minimum Gasteiger partial charge on any atom is -0.453 e. The predicted molar refractivity (Wildman–Crippen MR) is 74.1 cm³/mol. The number of carbonyl (C=O) groups excluding carboxylic acids is 1. The lowest BCUT2D eigenvalue weighted by molar-refractivity contribution is 0.0945. The number of ketones is 1. The molecule has 3 aromatic rings. The van der Waals surface area contributed by atoms with E-state index in [1.54, 1.807) is 12.1 Å². The lowest BCUT2D eigenvalue weighted by atomic mass is 10.2. The normalized spacial score (nSPS) is 10.8. The van der Waals surface area contributed by atoms with E-state index in [1.807, 2.05) is 18.2 Å². The van der Waals surface area contributed by atoms with E-state index in [0.717, 1.165) is 9.95 Å². The fraction of sp³-hybridized carbons (Fsp3) is 0.0714. The van der Waals surface area contributed by atoms with Crippen molar-refractivity contribution in [1.82, 2.24) is 9.55 Å². The summed E-state index contributed by atoms with van der Waals surface area (Å²) in [6.45, 7) is -0.161. The van der Waals surface area contributed by atoms with Gasteiger partial charge in [-0.05, 0) is 12.1 Å². The molecule has 0 spiro atoms. The summed E-state index contributed by atoms with van der Waals surface area (Å²) in [5, 5.41) is 1.13. The Morgan fingerprint density at radius 1 is 1.35 bits per heavy atom. The molecule has 0 amide bonds. The van der Waals surface area contributed by atoms with Gasteiger partial charge in [0.25, 0.3) is 0 Å². The third-order valence-electron chi connectivity index (χ3n) is 2.84. The van der Waals surface area contributed by atoms with Gasteiger partial charge in [-0.15, -0.1) is 0 Å². The van der Waals surface area contributed by atoms with Gasteiger partial charge in [0.2, 0.25) is 5.78 Å². The third kappa shape index (κ3) is 2.35. The van der Waals surface area contributed by atoms with Crippen molar-refractivity contribution in [2.75, 3.05) is 0 Å². The Balaban J connectivity index is 1.92. The van der Waals surface area contributed by atoms with Crippen molar-refractivity contribution < 1.29 is 9.21 Å². The minimum atomic E-state index is -0.529. The Hall–Kier alpha value is -2.40. The maximum atomic E-state index is 12.1. The molecule has 0 aliphatic heterocycles. The van der Waals surface area contributed by atoms with E-state index in [4.69, 9.17) is 16.0 Å². The number of carbonyl (C=O) groups is 1. The molecule has 0 unspecified atom stereocenters. The SMILES string of the molecule is O=C(Cn1cc(Cl)cnc1=O)c1cc2ccccc2o1. The summed E-state index contributed by atoms with van der Waals surface area (Å²) in [6, 6.07) is 8.96. The average Bonchev–Trinajstić information content (AvgIpc) is 2.87. The Labute approximate surface area is 118 Å². The molecular formula is C14H9ClN2O3. The standard InChI is InChI=1S/C14H9ClN2O3/c15-10-6-16-14(19)17(7-10)8-11(18)13-5-9-3-1-2-4-12(9)20-13/h1-7H,8H2. The first-order chi connectivity index (χ1) is 9.63. The molecule has 0 radical (unpaired) electrons. The molecule has 6 heteroatoms. The number of nitrogens with zero attached hydrogens (tertiary/aromatic N) is 2. The van der Waals surface area contributed by atoms with Gasteiger partial charge in [0.1, 0.15) is 5.58 Å². The summed E-state index contributed by atoms with van der Waals surface area (Å²) < 4.78 is 6.60. The van der Waals surface area contributed by atoms with Crippen LogP contribution in [0.5, 0.6) is 0 Å². The summed E-state index contributed by atoms with van der Waals surface area (Å²) in [5.74, 6) is -0.106. The van der Waals surface area contributed by atoms with E-state index in [1.165, 1.54) is 12.4 Å². The van der Waals surface area contributed by atoms with Gasteiger partial charge in [0, 0.05) is 11.6 Å². The van der Waals surface area contributed by atoms with Crippen LogP contribution in [0.1, 0.15) is 10.6 Å². The van der Waals surface area contributed by atoms with Crippen LogP contribution in [0.25, 0.3) is 11.0 Å². The van der Waals surface area contributed by atoms with Gasteiger partial charge in [-0.1, -0.05) is 29.8 Å². The van der Waals surface area contributed by atoms with E-state index in [0.29, 0.717) is 10.6 Å². The summed E-state index contributed by atoms with van der Waals surface area (Å²) in [5.41, 5.74) is 0.103. The van der Waals surface area contributed by atoms with Crippen molar-refractivity contribution in [3.63, 3.8) is 0 Å². The molecule has 0 fully saturated rings. The van der Waals surface area contributed by atoms with Gasteiger partial charge in [-0.25, -0.2) is 9.78 Å². The van der Waals surface area contributed by atoms with Gasteiger partial charge in [0.05, 0.1) is 17.8 Å². The molecule has 2 heterocycles. The summed E-state index contributed by atoms with van der Waals surface area (Å²) in [7, 11) is 0. The molecule has 0 N–H and O–H groups in total. The van der Waals surface area contributed by atoms with Gasteiger partial charge in [-0.3, -0.25) is 9.36 Å². The molecule has 100 valence electrons. The molecule has 0 aliphatic rings. The van der Waals surface area contributed by atoms with Crippen LogP contribution in [0.15, 0.2) is 51.9 Å². The number of fused-ring (bicyclic) bond motifs is 1. The summed E-state index contributed by atoms with van der Waals surface area (Å²) in [6.07, 6.45) is 2.61. The molecule has 1 aromatic carbocycles. The number of benzene rings is 1. The molecule has 0 saturated carbocycles. The van der Waals surface area contributed by atoms with Crippen molar-refractivity contribution in [3.8, 4) is 0 Å². The van der Waals surface area contributed by atoms with E-state index in [9.17, 15) is 9.59 Å². The molecule has 3 rings (SSSR count). The summed E-state index contributed by atoms with van der Waals surface area (Å²) in [4.78, 5) is 27.2. The molecule has 5 nitrogen and oxygen atoms in total. The van der Waals surface area contributed by atoms with E-state index >= 15 is 0 Å². The van der Waals surface area contributed by atoms with E-state index < -0.39 is 5.69 Å². The van der Waals surface area contributed by atoms with Crippen LogP contribution in [0.3, 0.4) is 0 Å². The number of hydrogen-bond donors (Lipinski definition) is 0. The molecule has 0 aliphatic carbocycles. The van der Waals surface area contributed by atoms with Crippen molar-refractivity contribution in [2.24, 2.45) is 0 Å². The average molecular weight is 289 g/mol. The highest BCUT2D eigenvalue weighted by Crippen LogP contribution is 2.19. The third-order valence-corrected chi connectivity index (χ3v) is 3.03. The van der Waals surface area contributed by atoms with Crippen LogP contribution >= 0.6 is 11.6 Å². The molecule has 20 heavy (non-hydrogen) atoms. The van der Waals surface area contributed by atoms with Crippen molar-refractivity contribution in [1.29, 1.82) is 0 Å². The number of hydrogen-bond acceptors (Lipinski definition) is 4. The second kappa shape index (κ2) is 4.94. The van der Waals surface area contributed by atoms with Crippen LogP contribution in [-0.4, -0.2) is 15.3 Å². The highest BCUT2D eigenvalue weighted by molar-refractivity contribution is 6.30. The minimum absolute atomic E-state index is 0.161. The quantitative estimate of drug-likeness (QED) is 0.695. The number of halogens is 1. The highest BCUT2D eigenvalue weighted by Gasteiger charge is 2.13. The second-order valence-electron chi connectivity index (χ2n) is 4.25. The molecule has 0 atom stereocenters. The number of para-hydroxylation sites is 1. The van der Waals surface area contributed by atoms with Crippen LogP contribution in [0.2, 0.25) is 5.02 Å². The zero-order valence-corrected chi connectivity index (χ0v) is 11.0. The predicted octanol–water partition coefficient (Wildman–Crippen LogP) is 2.53. The Morgan fingerprint density at radius 2 is 2.15 bits per heavy atom. The number of rotatable bonds is 3. The second-order valence-corrected chi connectivity index (χ2v) is 4.69. The van der Waals surface area contributed by atoms with Crippen LogP contribution in [0.4, 0.5) is 0 Å². The highest BCUT2D eigenvalue weighted by atomic mass is 35.5. The molecule has 0 saturated heterocycles. The van der Waals surface area contributed by atoms with Crippen LogP contribution < -0.4 is 5.69 Å². The van der Waals surface area contributed by atoms with Crippen LogP contribution in [0, 0.1) is 0 Å². The molecule has 2 aromatic heterocycles. The fourth-order valence-corrected chi connectivity index (χ4v) is 2.06. The number of aromatic nitrogens is 2. The Bertz CT molecular complexity index is 818. The Morgan fingerprint density at radius 3 is 2.95 bits per heavy atom. The van der Waals surface area contributed by atoms with Crippen molar-refractivity contribution in [3.05, 3.63) is 64.0 Å². The first kappa shape index (κ1) is 12.6. The zero-order chi connectivity index (χ0) is 14.1. The first-order valence-electron chi connectivity index (χ1n) is 5.87. The van der Waals surface area contributed by atoms with Gasteiger partial charge >= 0.3 is 5.69 Å². The van der Waals surface area contributed by atoms with Gasteiger partial charge < -0.3 is 4.42 Å². The Kier molecular flexibility index (Phi) is 3.12. The number of furan rings is 1. The van der Waals surface area contributed by atoms with Crippen molar-refractivity contribution in [2.45, 2.75) is 6.54 Å². The first-order valence-corrected chi connectivity index (χ1v) is 6.25. The zero-order valence-electron chi connectivity index (χ0n) is 10.2. The summed E-state index contributed by atoms with van der Waals surface area (Å²) >= 11 is 5.75. The van der Waals surface area contributed by atoms with Crippen molar-refractivity contribution >= 4 is 28.4 Å². The van der Waals surface area contributed by atoms with E-state index in [-0.39, 0.29) is 18.1 Å². The maximum Gasteiger partial charge on any atom is 0.348 e. The monoisotopic (exact) mass is 288 g/mol. The van der Waals surface area contributed by atoms with Crippen LogP contribution in [-0.2, 0) is 6.54 Å². The maximum absolute atomic E-state index is 12.1. The molecular weight excluding hydrogens is 280 g/mol.